The van der Waals surface area contributed by atoms with Gasteiger partial charge in [-0.05, 0) is 64.2 Å². The van der Waals surface area contributed by atoms with Crippen LogP contribution < -0.4 is 10.2 Å². The Morgan fingerprint density at radius 2 is 2.22 bits per heavy atom. The Labute approximate surface area is 138 Å². The van der Waals surface area contributed by atoms with Crippen LogP contribution >= 0.6 is 0 Å². The van der Waals surface area contributed by atoms with E-state index in [0.717, 1.165) is 38.0 Å². The number of anilines is 1. The number of benzene rings is 1. The quantitative estimate of drug-likeness (QED) is 0.834. The SMILES string of the molecule is CC(C)(C)OC(=O)NCCCC1CCN(c2cccc(F)c2)C1. The molecule has 0 spiro atoms. The molecule has 0 aliphatic carbocycles. The average Bonchev–Trinajstić information content (AvgIpc) is 2.90. The lowest BCUT2D eigenvalue weighted by molar-refractivity contribution is 0.0526. The molecular formula is C18H27FN2O2. The molecule has 0 aromatic heterocycles. The van der Waals surface area contributed by atoms with Crippen LogP contribution in [0.3, 0.4) is 0 Å². The number of ether oxygens (including phenoxy) is 1. The number of rotatable bonds is 5. The molecule has 1 aromatic carbocycles. The lowest BCUT2D eigenvalue weighted by atomic mass is 10.0. The van der Waals surface area contributed by atoms with Gasteiger partial charge in [0, 0.05) is 25.3 Å². The van der Waals surface area contributed by atoms with E-state index in [4.69, 9.17) is 4.74 Å². The Kier molecular flexibility index (Phi) is 5.85. The van der Waals surface area contributed by atoms with E-state index in [1.807, 2.05) is 26.8 Å². The van der Waals surface area contributed by atoms with Crippen molar-refractivity contribution >= 4 is 11.8 Å². The molecule has 5 heteroatoms. The normalized spacial score (nSPS) is 18.1. The first kappa shape index (κ1) is 17.6. The highest BCUT2D eigenvalue weighted by Crippen LogP contribution is 2.26. The standard InChI is InChI=1S/C18H27FN2O2/c1-18(2,3)23-17(22)20-10-5-6-14-9-11-21(13-14)16-8-4-7-15(19)12-16/h4,7-8,12,14H,5-6,9-11,13H2,1-3H3,(H,20,22). The fourth-order valence-corrected chi connectivity index (χ4v) is 2.87. The van der Waals surface area contributed by atoms with E-state index < -0.39 is 5.60 Å². The highest BCUT2D eigenvalue weighted by atomic mass is 19.1. The first-order valence-electron chi connectivity index (χ1n) is 8.31. The maximum Gasteiger partial charge on any atom is 0.407 e. The molecule has 128 valence electrons. The fourth-order valence-electron chi connectivity index (χ4n) is 2.87. The topological polar surface area (TPSA) is 41.6 Å². The van der Waals surface area contributed by atoms with E-state index in [2.05, 4.69) is 10.2 Å². The van der Waals surface area contributed by atoms with Crippen molar-refractivity contribution in [3.63, 3.8) is 0 Å². The number of alkyl carbamates (subject to hydrolysis) is 1. The second kappa shape index (κ2) is 7.66. The van der Waals surface area contributed by atoms with Crippen molar-refractivity contribution in [2.45, 2.75) is 45.6 Å². The number of carbonyl (C=O) groups excluding carboxylic acids is 1. The van der Waals surface area contributed by atoms with Crippen molar-refractivity contribution in [2.24, 2.45) is 5.92 Å². The zero-order valence-corrected chi connectivity index (χ0v) is 14.3. The summed E-state index contributed by atoms with van der Waals surface area (Å²) in [7, 11) is 0. The highest BCUT2D eigenvalue weighted by Gasteiger charge is 2.22. The number of carbonyl (C=O) groups is 1. The van der Waals surface area contributed by atoms with Crippen molar-refractivity contribution in [1.29, 1.82) is 0 Å². The Morgan fingerprint density at radius 3 is 2.91 bits per heavy atom. The van der Waals surface area contributed by atoms with Gasteiger partial charge in [-0.25, -0.2) is 9.18 Å². The third-order valence-electron chi connectivity index (χ3n) is 3.92. The lowest BCUT2D eigenvalue weighted by Gasteiger charge is -2.20. The highest BCUT2D eigenvalue weighted by molar-refractivity contribution is 5.67. The predicted molar refractivity (Wildman–Crippen MR) is 90.2 cm³/mol. The molecule has 2 rings (SSSR count). The van der Waals surface area contributed by atoms with Crippen molar-refractivity contribution in [1.82, 2.24) is 5.32 Å². The van der Waals surface area contributed by atoms with Crippen LogP contribution in [0, 0.1) is 11.7 Å². The molecule has 1 fully saturated rings. The lowest BCUT2D eigenvalue weighted by Crippen LogP contribution is -2.33. The van der Waals surface area contributed by atoms with E-state index in [-0.39, 0.29) is 11.9 Å². The van der Waals surface area contributed by atoms with Crippen LogP contribution in [-0.2, 0) is 4.74 Å². The molecule has 1 unspecified atom stereocenters. The van der Waals surface area contributed by atoms with Crippen molar-refractivity contribution in [3.8, 4) is 0 Å². The second-order valence-corrected chi connectivity index (χ2v) is 7.15. The van der Waals surface area contributed by atoms with Crippen LogP contribution in [0.15, 0.2) is 24.3 Å². The van der Waals surface area contributed by atoms with E-state index >= 15 is 0 Å². The molecule has 23 heavy (non-hydrogen) atoms. The molecule has 1 saturated heterocycles. The zero-order valence-electron chi connectivity index (χ0n) is 14.3. The van der Waals surface area contributed by atoms with Gasteiger partial charge < -0.3 is 15.0 Å². The van der Waals surface area contributed by atoms with Crippen LogP contribution in [0.2, 0.25) is 0 Å². The number of hydrogen-bond donors (Lipinski definition) is 1. The third kappa shape index (κ3) is 6.08. The van der Waals surface area contributed by atoms with Gasteiger partial charge in [0.05, 0.1) is 0 Å². The molecular weight excluding hydrogens is 295 g/mol. The minimum atomic E-state index is -0.457. The van der Waals surface area contributed by atoms with E-state index in [0.29, 0.717) is 12.5 Å². The third-order valence-corrected chi connectivity index (χ3v) is 3.92. The summed E-state index contributed by atoms with van der Waals surface area (Å²) in [5.41, 5.74) is 0.500. The molecule has 1 N–H and O–H groups in total. The van der Waals surface area contributed by atoms with Crippen molar-refractivity contribution < 1.29 is 13.9 Å². The van der Waals surface area contributed by atoms with Gasteiger partial charge in [0.15, 0.2) is 0 Å². The van der Waals surface area contributed by atoms with Crippen LogP contribution in [0.25, 0.3) is 0 Å². The maximum absolute atomic E-state index is 13.3. The molecule has 0 radical (unpaired) electrons. The van der Waals surface area contributed by atoms with Crippen LogP contribution in [0.4, 0.5) is 14.9 Å². The summed E-state index contributed by atoms with van der Waals surface area (Å²) in [4.78, 5) is 13.8. The molecule has 1 aliphatic heterocycles. The van der Waals surface area contributed by atoms with Crippen LogP contribution in [0.1, 0.15) is 40.0 Å². The van der Waals surface area contributed by atoms with Crippen molar-refractivity contribution in [2.75, 3.05) is 24.5 Å². The molecule has 0 bridgehead atoms. The van der Waals surface area contributed by atoms with Gasteiger partial charge in [0.1, 0.15) is 11.4 Å². The van der Waals surface area contributed by atoms with Crippen molar-refractivity contribution in [3.05, 3.63) is 30.1 Å². The number of halogens is 1. The Morgan fingerprint density at radius 1 is 1.43 bits per heavy atom. The van der Waals surface area contributed by atoms with Crippen LogP contribution in [-0.4, -0.2) is 31.3 Å². The first-order valence-corrected chi connectivity index (χ1v) is 8.31. The Bertz CT molecular complexity index is 528. The monoisotopic (exact) mass is 322 g/mol. The van der Waals surface area contributed by atoms with Gasteiger partial charge in [0.25, 0.3) is 0 Å². The predicted octanol–water partition coefficient (Wildman–Crippen LogP) is 3.96. The Balaban J connectivity index is 1.65. The minimum Gasteiger partial charge on any atom is -0.444 e. The van der Waals surface area contributed by atoms with E-state index in [1.54, 1.807) is 12.1 Å². The molecule has 1 amide bonds. The molecule has 1 heterocycles. The summed E-state index contributed by atoms with van der Waals surface area (Å²) in [6.07, 6.45) is 2.75. The zero-order chi connectivity index (χ0) is 16.9. The van der Waals surface area contributed by atoms with Gasteiger partial charge in [-0.3, -0.25) is 0 Å². The molecule has 0 saturated carbocycles. The largest absolute Gasteiger partial charge is 0.444 e. The maximum atomic E-state index is 13.3. The molecule has 1 atom stereocenters. The Hall–Kier alpha value is -1.78. The second-order valence-electron chi connectivity index (χ2n) is 7.15. The number of nitrogens with zero attached hydrogens (tertiary/aromatic N) is 1. The van der Waals surface area contributed by atoms with Gasteiger partial charge in [0.2, 0.25) is 0 Å². The number of hydrogen-bond acceptors (Lipinski definition) is 3. The van der Waals surface area contributed by atoms with Gasteiger partial charge in [-0.2, -0.15) is 0 Å². The van der Waals surface area contributed by atoms with E-state index in [1.165, 1.54) is 6.07 Å². The summed E-state index contributed by atoms with van der Waals surface area (Å²) < 4.78 is 18.5. The smallest absolute Gasteiger partial charge is 0.407 e. The first-order chi connectivity index (χ1) is 10.8. The van der Waals surface area contributed by atoms with E-state index in [9.17, 15) is 9.18 Å². The summed E-state index contributed by atoms with van der Waals surface area (Å²) in [5.74, 6) is 0.409. The summed E-state index contributed by atoms with van der Waals surface area (Å²) in [6, 6.07) is 6.77. The molecule has 4 nitrogen and oxygen atoms in total. The van der Waals surface area contributed by atoms with Gasteiger partial charge in [-0.15, -0.1) is 0 Å². The summed E-state index contributed by atoms with van der Waals surface area (Å²) in [5, 5.41) is 2.79. The molecule has 1 aliphatic rings. The molecule has 1 aromatic rings. The minimum absolute atomic E-state index is 0.187. The summed E-state index contributed by atoms with van der Waals surface area (Å²) in [6.45, 7) is 8.11. The fraction of sp³-hybridized carbons (Fsp3) is 0.611. The average molecular weight is 322 g/mol. The number of amides is 1. The van der Waals surface area contributed by atoms with Gasteiger partial charge in [-0.1, -0.05) is 6.07 Å². The van der Waals surface area contributed by atoms with Gasteiger partial charge >= 0.3 is 6.09 Å². The summed E-state index contributed by atoms with van der Waals surface area (Å²) >= 11 is 0. The van der Waals surface area contributed by atoms with Crippen LogP contribution in [0.5, 0.6) is 0 Å². The number of nitrogens with one attached hydrogen (secondary N) is 1.